The predicted octanol–water partition coefficient (Wildman–Crippen LogP) is 9.63. The minimum absolute atomic E-state index is 0.0216. The van der Waals surface area contributed by atoms with E-state index in [2.05, 4.69) is 53.5 Å². The molecule has 0 radical (unpaired) electrons. The number of nitrogens with zero attached hydrogens (tertiary/aromatic N) is 2. The van der Waals surface area contributed by atoms with Crippen molar-refractivity contribution < 1.29 is 23.8 Å². The number of aliphatic hydroxyl groups excluding tert-OH is 1. The monoisotopic (exact) mass is 592 g/mol. The number of aliphatic hydroxyl groups is 1. The maximum atomic E-state index is 15.1. The molecule has 0 aliphatic carbocycles. The van der Waals surface area contributed by atoms with E-state index in [1.54, 1.807) is 4.90 Å². The van der Waals surface area contributed by atoms with Gasteiger partial charge in [-0.25, -0.2) is 9.18 Å². The number of hydrogen-bond donors (Lipinski definition) is 1. The lowest BCUT2D eigenvalue weighted by atomic mass is 9.85. The number of hydrogen-bond acceptors (Lipinski definition) is 5. The van der Waals surface area contributed by atoms with Crippen LogP contribution in [0.15, 0.2) is 11.6 Å². The summed E-state index contributed by atoms with van der Waals surface area (Å²) in [6, 6.07) is 1.34. The average Bonchev–Trinajstić information content (AvgIpc) is 3.13. The zero-order valence-electron chi connectivity index (χ0n) is 29.2. The Morgan fingerprint density at radius 2 is 1.79 bits per heavy atom. The lowest BCUT2D eigenvalue weighted by Crippen LogP contribution is -2.52. The fraction of sp³-hybridized carbons (Fsp3) is 0.771. The standard InChI is InChI=1S/C32H53FN2O4.C3H8/c1-20(2)16-23(26-19-38-32(11,12)35(26)29(37)39-31(8,9)10)14-13-15-27(36)28-25(33)18-24(22(4)34-28)17-21(3)30(5,6)7;1-3-2/h17-18,20,23,26-27,36H,13-16,19H2,1-12H3;3H2,1-2H3/b21-17+;. The summed E-state index contributed by atoms with van der Waals surface area (Å²) >= 11 is 0. The van der Waals surface area contributed by atoms with Crippen molar-refractivity contribution >= 4 is 12.2 Å². The summed E-state index contributed by atoms with van der Waals surface area (Å²) in [4.78, 5) is 19.4. The molecule has 2 heterocycles. The molecule has 1 saturated heterocycles. The molecule has 1 N–H and O–H groups in total. The van der Waals surface area contributed by atoms with Crippen molar-refractivity contribution in [3.05, 3.63) is 34.4 Å². The molecule has 1 aromatic heterocycles. The van der Waals surface area contributed by atoms with E-state index < -0.39 is 23.2 Å². The summed E-state index contributed by atoms with van der Waals surface area (Å²) in [5, 5.41) is 10.9. The highest BCUT2D eigenvalue weighted by atomic mass is 19.1. The summed E-state index contributed by atoms with van der Waals surface area (Å²) in [5.74, 6) is 0.0868. The molecule has 0 saturated carbocycles. The number of aromatic nitrogens is 1. The maximum absolute atomic E-state index is 15.1. The molecule has 1 amide bonds. The number of halogens is 1. The molecule has 1 aliphatic heterocycles. The number of ether oxygens (including phenoxy) is 2. The minimum Gasteiger partial charge on any atom is -0.444 e. The van der Waals surface area contributed by atoms with Crippen LogP contribution in [0.4, 0.5) is 9.18 Å². The van der Waals surface area contributed by atoms with Crippen LogP contribution in [0.25, 0.3) is 6.08 Å². The normalized spacial score (nSPS) is 18.9. The highest BCUT2D eigenvalue weighted by Crippen LogP contribution is 2.37. The molecule has 6 nitrogen and oxygen atoms in total. The molecule has 242 valence electrons. The molecule has 1 fully saturated rings. The van der Waals surface area contributed by atoms with Crippen molar-refractivity contribution in [1.29, 1.82) is 0 Å². The van der Waals surface area contributed by atoms with Crippen molar-refractivity contribution in [3.63, 3.8) is 0 Å². The second-order valence-electron chi connectivity index (χ2n) is 14.8. The molecule has 1 aliphatic rings. The van der Waals surface area contributed by atoms with Gasteiger partial charge in [0.05, 0.1) is 18.8 Å². The zero-order valence-corrected chi connectivity index (χ0v) is 29.2. The first-order valence-corrected chi connectivity index (χ1v) is 15.8. The zero-order chi connectivity index (χ0) is 32.6. The number of carbonyl (C=O) groups is 1. The van der Waals surface area contributed by atoms with Crippen molar-refractivity contribution in [2.45, 2.75) is 153 Å². The van der Waals surface area contributed by atoms with Gasteiger partial charge in [-0.3, -0.25) is 9.88 Å². The van der Waals surface area contributed by atoms with Gasteiger partial charge in [-0.15, -0.1) is 0 Å². The van der Waals surface area contributed by atoms with Crippen LogP contribution in [0.1, 0.15) is 145 Å². The topological polar surface area (TPSA) is 71.9 Å². The van der Waals surface area contributed by atoms with Crippen molar-refractivity contribution in [1.82, 2.24) is 9.88 Å². The molecule has 0 spiro atoms. The molecule has 3 atom stereocenters. The van der Waals surface area contributed by atoms with Crippen LogP contribution in [0.5, 0.6) is 0 Å². The van der Waals surface area contributed by atoms with E-state index in [4.69, 9.17) is 9.47 Å². The highest BCUT2D eigenvalue weighted by molar-refractivity contribution is 5.69. The van der Waals surface area contributed by atoms with Gasteiger partial charge in [0.2, 0.25) is 0 Å². The molecule has 0 aromatic carbocycles. The summed E-state index contributed by atoms with van der Waals surface area (Å²) in [6.45, 7) is 28.6. The number of rotatable bonds is 9. The summed E-state index contributed by atoms with van der Waals surface area (Å²) in [7, 11) is 0. The average molecular weight is 593 g/mol. The molecule has 2 rings (SSSR count). The van der Waals surface area contributed by atoms with Crippen LogP contribution in [0.3, 0.4) is 0 Å². The second-order valence-corrected chi connectivity index (χ2v) is 14.8. The largest absolute Gasteiger partial charge is 0.444 e. The van der Waals surface area contributed by atoms with Crippen molar-refractivity contribution in [2.75, 3.05) is 6.61 Å². The Hall–Kier alpha value is -1.99. The first kappa shape index (κ1) is 38.0. The third-order valence-electron chi connectivity index (χ3n) is 7.58. The first-order valence-electron chi connectivity index (χ1n) is 15.8. The fourth-order valence-corrected chi connectivity index (χ4v) is 5.07. The molecule has 0 bridgehead atoms. The van der Waals surface area contributed by atoms with Crippen LogP contribution < -0.4 is 0 Å². The second kappa shape index (κ2) is 15.7. The fourth-order valence-electron chi connectivity index (χ4n) is 5.07. The Kier molecular flexibility index (Phi) is 14.2. The first-order chi connectivity index (χ1) is 19.1. The summed E-state index contributed by atoms with van der Waals surface area (Å²) < 4.78 is 26.9. The van der Waals surface area contributed by atoms with Crippen molar-refractivity contribution in [2.24, 2.45) is 17.3 Å². The molecule has 1 aromatic rings. The Bertz CT molecular complexity index is 1040. The maximum Gasteiger partial charge on any atom is 0.412 e. The summed E-state index contributed by atoms with van der Waals surface area (Å²) in [6.07, 6.45) is 4.58. The highest BCUT2D eigenvalue weighted by Gasteiger charge is 2.48. The lowest BCUT2D eigenvalue weighted by Gasteiger charge is -2.38. The molecular formula is C35H61FN2O4. The smallest absolute Gasteiger partial charge is 0.412 e. The van der Waals surface area contributed by atoms with Gasteiger partial charge in [-0.2, -0.15) is 0 Å². The number of carbonyl (C=O) groups excluding carboxylic acids is 1. The van der Waals surface area contributed by atoms with Gasteiger partial charge in [0.25, 0.3) is 0 Å². The quantitative estimate of drug-likeness (QED) is 0.309. The third kappa shape index (κ3) is 11.6. The van der Waals surface area contributed by atoms with E-state index in [0.29, 0.717) is 31.1 Å². The Labute approximate surface area is 256 Å². The molecular weight excluding hydrogens is 531 g/mol. The number of aryl methyl sites for hydroxylation is 1. The van der Waals surface area contributed by atoms with E-state index in [0.717, 1.165) is 24.0 Å². The van der Waals surface area contributed by atoms with Gasteiger partial charge < -0.3 is 14.6 Å². The van der Waals surface area contributed by atoms with E-state index >= 15 is 4.39 Å². The van der Waals surface area contributed by atoms with Gasteiger partial charge in [-0.05, 0) is 96.6 Å². The van der Waals surface area contributed by atoms with Crippen LogP contribution >= 0.6 is 0 Å². The van der Waals surface area contributed by atoms with E-state index in [1.807, 2.05) is 54.5 Å². The Morgan fingerprint density at radius 3 is 2.29 bits per heavy atom. The Morgan fingerprint density at radius 1 is 1.21 bits per heavy atom. The van der Waals surface area contributed by atoms with Crippen LogP contribution in [0, 0.1) is 30.0 Å². The van der Waals surface area contributed by atoms with Gasteiger partial charge in [-0.1, -0.05) is 73.0 Å². The van der Waals surface area contributed by atoms with Crippen LogP contribution in [-0.2, 0) is 9.47 Å². The minimum atomic E-state index is -0.997. The summed E-state index contributed by atoms with van der Waals surface area (Å²) in [5.41, 5.74) is 1.27. The number of amides is 1. The van der Waals surface area contributed by atoms with Crippen LogP contribution in [0.2, 0.25) is 0 Å². The van der Waals surface area contributed by atoms with E-state index in [-0.39, 0.29) is 29.2 Å². The molecule has 7 heteroatoms. The van der Waals surface area contributed by atoms with Gasteiger partial charge in [0.1, 0.15) is 22.8 Å². The predicted molar refractivity (Wildman–Crippen MR) is 172 cm³/mol. The number of pyridine rings is 1. The van der Waals surface area contributed by atoms with Crippen molar-refractivity contribution in [3.8, 4) is 0 Å². The van der Waals surface area contributed by atoms with Crippen LogP contribution in [-0.4, -0.2) is 45.1 Å². The van der Waals surface area contributed by atoms with Gasteiger partial charge in [0.15, 0.2) is 0 Å². The molecule has 3 unspecified atom stereocenters. The van der Waals surface area contributed by atoms with Gasteiger partial charge in [0, 0.05) is 5.69 Å². The lowest BCUT2D eigenvalue weighted by molar-refractivity contribution is -0.0650. The third-order valence-corrected chi connectivity index (χ3v) is 7.58. The molecule has 42 heavy (non-hydrogen) atoms. The van der Waals surface area contributed by atoms with Gasteiger partial charge >= 0.3 is 6.09 Å². The van der Waals surface area contributed by atoms with E-state index in [1.165, 1.54) is 12.5 Å². The van der Waals surface area contributed by atoms with E-state index in [9.17, 15) is 9.90 Å². The SMILES string of the molecule is C/C(=C\c1cc(F)c(C(O)CCCC(CC(C)C)C2COC(C)(C)N2C(=O)OC(C)(C)C)nc1C)C(C)(C)C.CCC. The number of allylic oxidation sites excluding steroid dienone is 1. The Balaban J connectivity index is 0.00000281.